The predicted octanol–water partition coefficient (Wildman–Crippen LogP) is 6.45. The summed E-state index contributed by atoms with van der Waals surface area (Å²) in [4.78, 5) is 140. The molecule has 0 aliphatic carbocycles. The zero-order chi connectivity index (χ0) is 66.2. The van der Waals surface area contributed by atoms with E-state index in [1.807, 2.05) is 25.1 Å². The summed E-state index contributed by atoms with van der Waals surface area (Å²) in [6.45, 7) is 4.58. The Kier molecular flexibility index (Phi) is 23.3. The summed E-state index contributed by atoms with van der Waals surface area (Å²) in [5.41, 5.74) is 9.49. The van der Waals surface area contributed by atoms with Crippen molar-refractivity contribution in [2.75, 3.05) is 94.2 Å². The van der Waals surface area contributed by atoms with Crippen molar-refractivity contribution < 1.29 is 77.1 Å². The number of ketones is 1. The number of urea groups is 1. The van der Waals surface area contributed by atoms with Gasteiger partial charge < -0.3 is 75.3 Å². The van der Waals surface area contributed by atoms with Gasteiger partial charge in [-0.05, 0) is 96.3 Å². The molecule has 6 aromatic rings. The molecule has 0 radical (unpaired) electrons. The topological polar surface area (TPSA) is 352 Å². The number of aromatic hydroxyl groups is 1. The molecule has 2 aromatic heterocycles. The van der Waals surface area contributed by atoms with Crippen LogP contribution in [-0.4, -0.2) is 179 Å². The molecule has 27 nitrogen and oxygen atoms in total. The number of benzene rings is 4. The first-order valence-electron chi connectivity index (χ1n) is 29.6. The number of hydrogen-bond acceptors (Lipinski definition) is 17. The number of nitrogens with one attached hydrogen (secondary N) is 4. The molecule has 0 fully saturated rings. The number of anilines is 3. The zero-order valence-corrected chi connectivity index (χ0v) is 51.8. The number of aryl methyl sites for hydroxylation is 1. The number of phenolic OH excluding ortho intramolecular Hbond substituents is 1. The Balaban J connectivity index is 0.888. The quantitative estimate of drug-likeness (QED) is 0.0151. The molecule has 8 N–H and O–H groups in total. The van der Waals surface area contributed by atoms with E-state index in [1.165, 1.54) is 41.1 Å². The van der Waals surface area contributed by atoms with E-state index in [-0.39, 0.29) is 121 Å². The van der Waals surface area contributed by atoms with Gasteiger partial charge in [0.1, 0.15) is 36.1 Å². The van der Waals surface area contributed by atoms with Crippen LogP contribution in [0.4, 0.5) is 36.2 Å². The second-order valence-electron chi connectivity index (χ2n) is 22.2. The van der Waals surface area contributed by atoms with E-state index >= 15 is 0 Å². The van der Waals surface area contributed by atoms with E-state index in [0.29, 0.717) is 39.2 Å². The summed E-state index contributed by atoms with van der Waals surface area (Å²) in [7, 11) is 1.49. The Bertz CT molecular complexity index is 3750. The molecule has 2 aliphatic rings. The number of aromatic nitrogens is 2. The number of alkyl halides is 1. The van der Waals surface area contributed by atoms with Gasteiger partial charge in [0.25, 0.3) is 23.6 Å². The Labute approximate surface area is 533 Å². The third-order valence-electron chi connectivity index (χ3n) is 15.3. The number of phenols is 1. The average Bonchev–Trinajstić information content (AvgIpc) is 1.59. The van der Waals surface area contributed by atoms with Crippen LogP contribution in [0, 0.1) is 18.8 Å². The van der Waals surface area contributed by atoms with Crippen molar-refractivity contribution in [3.05, 3.63) is 137 Å². The minimum absolute atomic E-state index is 0.00276. The molecule has 92 heavy (non-hydrogen) atoms. The third-order valence-corrected chi connectivity index (χ3v) is 15.7. The maximum Gasteiger partial charge on any atom is 0.415 e. The molecule has 8 rings (SSSR count). The first kappa shape index (κ1) is 67.8. The minimum atomic E-state index is -1.07. The SMILES string of the molecule is Cc1cccc2c(OC(=O)N(CCOCCO)CCN(C)C(=O)OCc3ccc(NC(=O)[C@H](CCCNC(N)=O)CC(=O)[C@@H](NC(=O)OCCN4C(=O)C=CC4=O)C(C)C)cc3)cc3c(c12)[C@H](CCl)CN3C(=O)c1cn2cc(NC(=O)c3ccc(O)cc3)ccc2n1. The van der Waals surface area contributed by atoms with E-state index in [4.69, 9.17) is 36.3 Å². The Morgan fingerprint density at radius 2 is 1.58 bits per heavy atom. The molecule has 10 amide bonds. The molecular formula is C64H72ClN11O16. The summed E-state index contributed by atoms with van der Waals surface area (Å²) < 4.78 is 24.1. The Morgan fingerprint density at radius 3 is 2.27 bits per heavy atom. The van der Waals surface area contributed by atoms with Crippen molar-refractivity contribution in [1.29, 1.82) is 0 Å². The van der Waals surface area contributed by atoms with Crippen LogP contribution >= 0.6 is 11.6 Å². The number of fused-ring (bicyclic) bond motifs is 4. The number of halogens is 1. The average molecular weight is 1290 g/mol. The summed E-state index contributed by atoms with van der Waals surface area (Å²) >= 11 is 6.64. The largest absolute Gasteiger partial charge is 0.508 e. The number of nitrogens with two attached hydrogens (primary N) is 1. The number of amides is 10. The van der Waals surface area contributed by atoms with Crippen LogP contribution in [0.3, 0.4) is 0 Å². The lowest BCUT2D eigenvalue weighted by Gasteiger charge is -2.26. The van der Waals surface area contributed by atoms with Gasteiger partial charge >= 0.3 is 24.3 Å². The highest BCUT2D eigenvalue weighted by molar-refractivity contribution is 6.19. The molecule has 4 aromatic carbocycles. The molecular weight excluding hydrogens is 1210 g/mol. The van der Waals surface area contributed by atoms with Crippen LogP contribution in [0.5, 0.6) is 11.5 Å². The molecule has 0 spiro atoms. The number of Topliss-reactive ketones (excluding diaryl/α,β-unsaturated/α-hetero) is 1. The van der Waals surface area contributed by atoms with Crippen molar-refractivity contribution in [1.82, 2.24) is 34.7 Å². The van der Waals surface area contributed by atoms with E-state index < -0.39 is 77.5 Å². The molecule has 3 atom stereocenters. The van der Waals surface area contributed by atoms with Gasteiger partial charge in [-0.3, -0.25) is 33.7 Å². The van der Waals surface area contributed by atoms with Gasteiger partial charge in [-0.1, -0.05) is 44.2 Å². The number of aliphatic hydroxyl groups is 1. The van der Waals surface area contributed by atoms with Crippen LogP contribution in [0.1, 0.15) is 76.6 Å². The summed E-state index contributed by atoms with van der Waals surface area (Å²) in [5, 5.41) is 31.0. The number of nitrogens with zero attached hydrogens (tertiary/aromatic N) is 6. The number of hydrogen-bond donors (Lipinski definition) is 7. The fourth-order valence-corrected chi connectivity index (χ4v) is 10.7. The van der Waals surface area contributed by atoms with Gasteiger partial charge in [0.2, 0.25) is 5.91 Å². The monoisotopic (exact) mass is 1290 g/mol. The second kappa shape index (κ2) is 31.6. The number of carbonyl (C=O) groups is 10. The number of likely N-dealkylation sites (N-methyl/N-ethyl adjacent to an activating group) is 1. The maximum atomic E-state index is 14.6. The lowest BCUT2D eigenvalue weighted by Crippen LogP contribution is -2.46. The summed E-state index contributed by atoms with van der Waals surface area (Å²) in [5.74, 6) is -4.30. The Hall–Kier alpha value is -10.1. The zero-order valence-electron chi connectivity index (χ0n) is 51.1. The summed E-state index contributed by atoms with van der Waals surface area (Å²) in [6, 6.07) is 20.8. The van der Waals surface area contributed by atoms with Gasteiger partial charge in [0.15, 0.2) is 5.78 Å². The smallest absolute Gasteiger partial charge is 0.415 e. The number of primary amides is 1. The van der Waals surface area contributed by atoms with Crippen molar-refractivity contribution in [3.63, 3.8) is 0 Å². The van der Waals surface area contributed by atoms with Crippen molar-refractivity contribution in [2.24, 2.45) is 17.6 Å². The van der Waals surface area contributed by atoms with Gasteiger partial charge in [-0.15, -0.1) is 11.6 Å². The fraction of sp³-hybridized carbons (Fsp3) is 0.359. The Morgan fingerprint density at radius 1 is 0.848 bits per heavy atom. The molecule has 0 bridgehead atoms. The highest BCUT2D eigenvalue weighted by Gasteiger charge is 2.38. The van der Waals surface area contributed by atoms with E-state index in [1.54, 1.807) is 78.0 Å². The van der Waals surface area contributed by atoms with Crippen LogP contribution < -0.4 is 36.6 Å². The van der Waals surface area contributed by atoms with Crippen LogP contribution in [-0.2, 0) is 40.0 Å². The minimum Gasteiger partial charge on any atom is -0.508 e. The van der Waals surface area contributed by atoms with Crippen molar-refractivity contribution in [2.45, 2.75) is 58.6 Å². The number of pyridine rings is 1. The van der Waals surface area contributed by atoms with Crippen molar-refractivity contribution >= 4 is 105 Å². The number of imidazole rings is 1. The number of rotatable bonds is 29. The lowest BCUT2D eigenvalue weighted by molar-refractivity contribution is -0.137. The molecule has 4 heterocycles. The van der Waals surface area contributed by atoms with Gasteiger partial charge in [-0.25, -0.2) is 24.2 Å². The number of imide groups is 1. The molecule has 2 aliphatic heterocycles. The van der Waals surface area contributed by atoms with E-state index in [0.717, 1.165) is 33.6 Å². The third kappa shape index (κ3) is 17.4. The number of ether oxygens (including phenoxy) is 4. The molecule has 0 saturated heterocycles. The number of carbonyl (C=O) groups excluding carboxylic acids is 10. The van der Waals surface area contributed by atoms with Crippen LogP contribution in [0.15, 0.2) is 109 Å². The van der Waals surface area contributed by atoms with Crippen molar-refractivity contribution in [3.8, 4) is 11.5 Å². The molecule has 0 saturated carbocycles. The first-order chi connectivity index (χ1) is 44.1. The number of alkyl carbamates (subject to hydrolysis) is 1. The van der Waals surface area contributed by atoms with Crippen LogP contribution in [0.25, 0.3) is 16.4 Å². The molecule has 28 heteroatoms. The lowest BCUT2D eigenvalue weighted by atomic mass is 9.89. The molecule has 486 valence electrons. The predicted molar refractivity (Wildman–Crippen MR) is 337 cm³/mol. The standard InChI is InChI=1S/C64H72ClN11O16/c1-38(2)57(71-62(86)90-29-26-75-53(80)20-21-54(75)81)50(79)31-42(8-6-22-67-61(66)85)59(83)68-44-14-10-40(11-15-44)37-91-63(87)72(4)23-24-73(25-28-89-30-27-77)64(88)92-51-32-49-56(55-39(3)7-5-9-47(51)55)43(33-65)34-76(49)60(84)48-36-74-35-45(16-19-52(74)70-48)69-58(82)41-12-17-46(78)18-13-41/h5,7,9-21,32,35-36,38,42-43,57,77-78H,6,8,22-31,33-34,37H2,1-4H3,(H,68,83)(H,69,82)(H,71,86)(H3,66,67,85)/t42-,43-,57+/m1/s1. The van der Waals surface area contributed by atoms with Gasteiger partial charge in [0.05, 0.1) is 43.8 Å². The highest BCUT2D eigenvalue weighted by Crippen LogP contribution is 2.47. The van der Waals surface area contributed by atoms with Gasteiger partial charge in [0, 0.05) is 111 Å². The maximum absolute atomic E-state index is 14.6. The summed E-state index contributed by atoms with van der Waals surface area (Å²) in [6.07, 6.45) is 3.00. The van der Waals surface area contributed by atoms with Crippen LogP contribution in [0.2, 0.25) is 0 Å². The van der Waals surface area contributed by atoms with E-state index in [9.17, 15) is 58.2 Å². The molecule has 0 unspecified atom stereocenters. The second-order valence-corrected chi connectivity index (χ2v) is 22.5. The van der Waals surface area contributed by atoms with Gasteiger partial charge in [-0.2, -0.15) is 0 Å². The van der Waals surface area contributed by atoms with E-state index in [2.05, 4.69) is 26.3 Å². The first-order valence-corrected chi connectivity index (χ1v) is 30.1. The highest BCUT2D eigenvalue weighted by atomic mass is 35.5. The fourth-order valence-electron chi connectivity index (χ4n) is 10.5. The number of aliphatic hydroxyl groups excluding tert-OH is 1. The normalized spacial score (nSPS) is 14.0.